The number of tetrazole rings is 1. The highest BCUT2D eigenvalue weighted by Crippen LogP contribution is 2.33. The van der Waals surface area contributed by atoms with Crippen LogP contribution in [0.15, 0.2) is 45.7 Å². The van der Waals surface area contributed by atoms with Crippen molar-refractivity contribution in [1.82, 2.24) is 25.5 Å². The van der Waals surface area contributed by atoms with Gasteiger partial charge in [0, 0.05) is 16.7 Å². The highest BCUT2D eigenvalue weighted by molar-refractivity contribution is 8.26. The molecule has 1 aliphatic rings. The Balaban J connectivity index is 1.46. The highest BCUT2D eigenvalue weighted by Gasteiger charge is 2.33. The Morgan fingerprint density at radius 3 is 2.83 bits per heavy atom. The number of thiocarbonyl (C=S) groups is 1. The summed E-state index contributed by atoms with van der Waals surface area (Å²) in [5, 5.41) is 15.8. The number of aromatic nitrogens is 4. The van der Waals surface area contributed by atoms with E-state index in [1.807, 2.05) is 12.1 Å². The van der Waals surface area contributed by atoms with Gasteiger partial charge < -0.3 is 4.42 Å². The number of rotatable bonds is 5. The maximum absolute atomic E-state index is 12.6. The Morgan fingerprint density at radius 2 is 2.10 bits per heavy atom. The fraction of sp³-hybridized carbons (Fsp3) is 0.0588. The number of nitrogens with zero attached hydrogens (tertiary/aromatic N) is 4. The molecule has 1 aliphatic heterocycles. The summed E-state index contributed by atoms with van der Waals surface area (Å²) in [7, 11) is 0. The molecule has 146 valence electrons. The molecule has 0 bridgehead atoms. The average Bonchev–Trinajstić information content (AvgIpc) is 3.42. The number of H-pyrrole nitrogens is 1. The smallest absolute Gasteiger partial charge is 0.269 e. The van der Waals surface area contributed by atoms with Crippen molar-refractivity contribution >= 4 is 63.7 Å². The van der Waals surface area contributed by atoms with Crippen molar-refractivity contribution in [3.63, 3.8) is 0 Å². The first-order valence-electron chi connectivity index (χ1n) is 8.14. The van der Waals surface area contributed by atoms with Crippen molar-refractivity contribution in [1.29, 1.82) is 0 Å². The molecule has 2 aromatic heterocycles. The minimum absolute atomic E-state index is 0.0151. The first kappa shape index (κ1) is 19.3. The molecule has 1 saturated heterocycles. The van der Waals surface area contributed by atoms with Crippen LogP contribution in [0.3, 0.4) is 0 Å². The van der Waals surface area contributed by atoms with E-state index in [0.29, 0.717) is 21.4 Å². The zero-order valence-electron chi connectivity index (χ0n) is 14.5. The van der Waals surface area contributed by atoms with Gasteiger partial charge in [-0.25, -0.2) is 0 Å². The summed E-state index contributed by atoms with van der Waals surface area (Å²) >= 11 is 12.2. The van der Waals surface area contributed by atoms with Crippen LogP contribution in [0.2, 0.25) is 5.02 Å². The molecule has 0 spiro atoms. The molecule has 29 heavy (non-hydrogen) atoms. The van der Waals surface area contributed by atoms with Crippen molar-refractivity contribution < 1.29 is 14.0 Å². The molecule has 0 radical (unpaired) electrons. The van der Waals surface area contributed by atoms with Crippen LogP contribution in [0.25, 0.3) is 17.4 Å². The number of carbonyl (C=O) groups excluding carboxylic acids is 2. The molecule has 2 N–H and O–H groups in total. The molecule has 9 nitrogen and oxygen atoms in total. The predicted octanol–water partition coefficient (Wildman–Crippen LogP) is 2.95. The molecule has 12 heteroatoms. The van der Waals surface area contributed by atoms with E-state index in [4.69, 9.17) is 28.2 Å². The van der Waals surface area contributed by atoms with Gasteiger partial charge in [0.25, 0.3) is 11.9 Å². The second-order valence-electron chi connectivity index (χ2n) is 5.76. The first-order valence-corrected chi connectivity index (χ1v) is 9.74. The van der Waals surface area contributed by atoms with E-state index in [-0.39, 0.29) is 22.7 Å². The van der Waals surface area contributed by atoms with Gasteiger partial charge in [-0.05, 0) is 41.6 Å². The number of aromatic amines is 1. The Bertz CT molecular complexity index is 1110. The zero-order chi connectivity index (χ0) is 20.4. The largest absolute Gasteiger partial charge is 0.457 e. The monoisotopic (exact) mass is 446 g/mol. The number of thioether (sulfide) groups is 1. The summed E-state index contributed by atoms with van der Waals surface area (Å²) in [5.41, 5.74) is 0.861. The van der Waals surface area contributed by atoms with Crippen LogP contribution in [-0.4, -0.2) is 48.2 Å². The third kappa shape index (κ3) is 4.36. The Kier molecular flexibility index (Phi) is 5.43. The third-order valence-electron chi connectivity index (χ3n) is 3.80. The van der Waals surface area contributed by atoms with E-state index >= 15 is 0 Å². The van der Waals surface area contributed by atoms with Gasteiger partial charge in [0.2, 0.25) is 5.91 Å². The van der Waals surface area contributed by atoms with Crippen LogP contribution in [-0.2, 0) is 9.59 Å². The summed E-state index contributed by atoms with van der Waals surface area (Å²) in [6.07, 6.45) is 1.59. The van der Waals surface area contributed by atoms with Gasteiger partial charge in [0.15, 0.2) is 0 Å². The summed E-state index contributed by atoms with van der Waals surface area (Å²) in [6.45, 7) is -0.259. The summed E-state index contributed by atoms with van der Waals surface area (Å²) in [5.74, 6) is 0.274. The summed E-state index contributed by atoms with van der Waals surface area (Å²) in [6, 6.07) is 10.8. The number of hydrogen-bond donors (Lipinski definition) is 2. The molecule has 1 aromatic carbocycles. The zero-order valence-corrected chi connectivity index (χ0v) is 16.8. The lowest BCUT2D eigenvalue weighted by Gasteiger charge is -2.12. The van der Waals surface area contributed by atoms with Crippen LogP contribution < -0.4 is 5.32 Å². The lowest BCUT2D eigenvalue weighted by atomic mass is 10.2. The normalized spacial score (nSPS) is 15.3. The number of nitrogens with one attached hydrogen (secondary N) is 2. The van der Waals surface area contributed by atoms with Gasteiger partial charge in [0.1, 0.15) is 22.4 Å². The molecular weight excluding hydrogens is 436 g/mol. The van der Waals surface area contributed by atoms with Crippen LogP contribution in [0.4, 0.5) is 5.95 Å². The van der Waals surface area contributed by atoms with Gasteiger partial charge in [-0.15, -0.1) is 5.10 Å². The number of halogens is 1. The molecular formula is C17H11ClN6O3S2. The SMILES string of the molecule is O=C(CN1C(=O)/C(=C/c2ccc(-c3ccc(Cl)cc3)o2)SC1=S)Nc1nn[nH]n1. The molecule has 0 aliphatic carbocycles. The molecule has 2 amide bonds. The van der Waals surface area contributed by atoms with Gasteiger partial charge in [-0.2, -0.15) is 5.21 Å². The minimum Gasteiger partial charge on any atom is -0.457 e. The summed E-state index contributed by atoms with van der Waals surface area (Å²) < 4.78 is 6.06. The maximum atomic E-state index is 12.6. The van der Waals surface area contributed by atoms with Gasteiger partial charge >= 0.3 is 0 Å². The average molecular weight is 447 g/mol. The molecule has 0 saturated carbocycles. The quantitative estimate of drug-likeness (QED) is 0.453. The van der Waals surface area contributed by atoms with E-state index in [9.17, 15) is 9.59 Å². The Morgan fingerprint density at radius 1 is 1.31 bits per heavy atom. The molecule has 3 heterocycles. The van der Waals surface area contributed by atoms with Gasteiger partial charge in [-0.3, -0.25) is 19.8 Å². The minimum atomic E-state index is -0.494. The lowest BCUT2D eigenvalue weighted by Crippen LogP contribution is -2.36. The van der Waals surface area contributed by atoms with Crippen molar-refractivity contribution in [2.75, 3.05) is 11.9 Å². The topological polar surface area (TPSA) is 117 Å². The second kappa shape index (κ2) is 8.15. The Hall–Kier alpha value is -3.02. The van der Waals surface area contributed by atoms with Crippen molar-refractivity contribution in [3.8, 4) is 11.3 Å². The molecule has 1 fully saturated rings. The van der Waals surface area contributed by atoms with Crippen molar-refractivity contribution in [3.05, 3.63) is 52.1 Å². The van der Waals surface area contributed by atoms with Crippen LogP contribution >= 0.6 is 35.6 Å². The van der Waals surface area contributed by atoms with Gasteiger partial charge in [0.05, 0.1) is 4.91 Å². The van der Waals surface area contributed by atoms with Gasteiger partial charge in [-0.1, -0.05) is 40.7 Å². The standard InChI is InChI=1S/C17H11ClN6O3S2/c18-10-3-1-9(2-4-10)12-6-5-11(27-12)7-13-15(26)24(17(28)29-13)8-14(25)19-16-20-22-23-21-16/h1-7H,8H2,(H2,19,20,21,22,23,25)/b13-7-. The van der Waals surface area contributed by atoms with E-state index in [2.05, 4.69) is 25.9 Å². The Labute approximate surface area is 178 Å². The van der Waals surface area contributed by atoms with Crippen molar-refractivity contribution in [2.45, 2.75) is 0 Å². The van der Waals surface area contributed by atoms with E-state index in [1.165, 1.54) is 4.90 Å². The van der Waals surface area contributed by atoms with Crippen molar-refractivity contribution in [2.24, 2.45) is 0 Å². The van der Waals surface area contributed by atoms with E-state index in [1.54, 1.807) is 30.3 Å². The number of furan rings is 1. The number of amides is 2. The predicted molar refractivity (Wildman–Crippen MR) is 112 cm³/mol. The third-order valence-corrected chi connectivity index (χ3v) is 5.43. The van der Waals surface area contributed by atoms with E-state index in [0.717, 1.165) is 17.3 Å². The molecule has 4 rings (SSSR count). The van der Waals surface area contributed by atoms with E-state index < -0.39 is 5.91 Å². The number of carbonyl (C=O) groups is 2. The molecule has 0 atom stereocenters. The van der Waals surface area contributed by atoms with Crippen LogP contribution in [0.1, 0.15) is 5.76 Å². The van der Waals surface area contributed by atoms with Crippen LogP contribution in [0.5, 0.6) is 0 Å². The fourth-order valence-electron chi connectivity index (χ4n) is 2.49. The second-order valence-corrected chi connectivity index (χ2v) is 7.87. The maximum Gasteiger partial charge on any atom is 0.269 e. The van der Waals surface area contributed by atoms with Crippen LogP contribution in [0, 0.1) is 0 Å². The lowest BCUT2D eigenvalue weighted by molar-refractivity contribution is -0.126. The summed E-state index contributed by atoms with van der Waals surface area (Å²) in [4.78, 5) is 26.3. The highest BCUT2D eigenvalue weighted by atomic mass is 35.5. The fourth-order valence-corrected chi connectivity index (χ4v) is 3.85. The molecule has 0 unspecified atom stereocenters. The first-order chi connectivity index (χ1) is 14.0. The number of benzene rings is 1. The molecule has 3 aromatic rings. The number of anilines is 1. The number of hydrogen-bond acceptors (Lipinski definition) is 8.